The van der Waals surface area contributed by atoms with Crippen molar-refractivity contribution in [3.8, 4) is 0 Å². The molecule has 0 spiro atoms. The Morgan fingerprint density at radius 2 is 1.93 bits per heavy atom. The molecule has 1 aliphatic heterocycles. The van der Waals surface area contributed by atoms with Crippen molar-refractivity contribution in [1.29, 1.82) is 0 Å². The van der Waals surface area contributed by atoms with Crippen molar-refractivity contribution in [3.63, 3.8) is 0 Å². The van der Waals surface area contributed by atoms with Crippen LogP contribution >= 0.6 is 23.4 Å². The number of aromatic amines is 1. The predicted molar refractivity (Wildman–Crippen MR) is 155 cm³/mol. The maximum Gasteiger partial charge on any atom is 0.178 e. The summed E-state index contributed by atoms with van der Waals surface area (Å²) in [6.07, 6.45) is 7.22. The van der Waals surface area contributed by atoms with Gasteiger partial charge in [0, 0.05) is 55.8 Å². The van der Waals surface area contributed by atoms with E-state index in [1.54, 1.807) is 25.7 Å². The molecule has 0 amide bonds. The van der Waals surface area contributed by atoms with E-state index in [0.29, 0.717) is 44.4 Å². The number of ketones is 1. The number of nitrogens with one attached hydrogen (secondary N) is 1. The highest BCUT2D eigenvalue weighted by Crippen LogP contribution is 2.40. The largest absolute Gasteiger partial charge is 0.382 e. The van der Waals surface area contributed by atoms with Crippen molar-refractivity contribution in [2.75, 3.05) is 58.1 Å². The Morgan fingerprint density at radius 3 is 2.75 bits per heavy atom. The van der Waals surface area contributed by atoms with Crippen molar-refractivity contribution in [2.45, 2.75) is 36.1 Å². The summed E-state index contributed by atoms with van der Waals surface area (Å²) in [4.78, 5) is 37.0. The number of methoxy groups -OCH3 is 1. The van der Waals surface area contributed by atoms with Crippen molar-refractivity contribution < 1.29 is 19.0 Å². The number of aryl methyl sites for hydroxylation is 1. The summed E-state index contributed by atoms with van der Waals surface area (Å²) in [5, 5.41) is 2.51. The summed E-state index contributed by atoms with van der Waals surface area (Å²) < 4.78 is 15.7. The molecule has 4 aromatic heterocycles. The van der Waals surface area contributed by atoms with Crippen LogP contribution < -0.4 is 4.90 Å². The Hall–Kier alpha value is -2.83. The molecule has 0 atom stereocenters. The summed E-state index contributed by atoms with van der Waals surface area (Å²) in [6, 6.07) is 4.01. The van der Waals surface area contributed by atoms with Gasteiger partial charge in [-0.1, -0.05) is 30.3 Å². The highest BCUT2D eigenvalue weighted by Gasteiger charge is 2.31. The zero-order valence-electron chi connectivity index (χ0n) is 22.7. The van der Waals surface area contributed by atoms with E-state index >= 15 is 0 Å². The number of hydrogen-bond acceptors (Lipinski definition) is 10. The van der Waals surface area contributed by atoms with Crippen LogP contribution in [0, 0.1) is 5.92 Å². The summed E-state index contributed by atoms with van der Waals surface area (Å²) in [7, 11) is 1.63. The van der Waals surface area contributed by atoms with E-state index in [1.807, 2.05) is 12.1 Å². The Bertz CT molecular complexity index is 1460. The van der Waals surface area contributed by atoms with E-state index in [4.69, 9.17) is 30.8 Å². The van der Waals surface area contributed by atoms with Crippen molar-refractivity contribution in [3.05, 3.63) is 41.4 Å². The molecule has 5 rings (SSSR count). The lowest BCUT2D eigenvalue weighted by molar-refractivity contribution is -0.124. The fourth-order valence-electron chi connectivity index (χ4n) is 4.64. The van der Waals surface area contributed by atoms with Crippen LogP contribution in [0.5, 0.6) is 0 Å². The Balaban J connectivity index is 1.20. The Kier molecular flexibility index (Phi) is 9.82. The lowest BCUT2D eigenvalue weighted by atomic mass is 9.93. The van der Waals surface area contributed by atoms with Crippen LogP contribution in [-0.4, -0.2) is 83.9 Å². The van der Waals surface area contributed by atoms with Gasteiger partial charge in [0.05, 0.1) is 42.4 Å². The third kappa shape index (κ3) is 6.90. The van der Waals surface area contributed by atoms with Gasteiger partial charge in [-0.25, -0.2) is 15.0 Å². The molecule has 10 nitrogen and oxygen atoms in total. The number of aromatic nitrogens is 5. The first-order valence-electron chi connectivity index (χ1n) is 13.4. The zero-order valence-corrected chi connectivity index (χ0v) is 24.3. The number of ether oxygens (including phenoxy) is 3. The first-order chi connectivity index (χ1) is 19.6. The molecule has 1 aliphatic rings. The fraction of sp³-hybridized carbons (Fsp3) is 0.464. The molecule has 0 radical (unpaired) electrons. The van der Waals surface area contributed by atoms with Gasteiger partial charge in [-0.3, -0.25) is 9.78 Å². The zero-order chi connectivity index (χ0) is 27.9. The number of halogens is 1. The number of fused-ring (bicyclic) bond motifs is 2. The lowest BCUT2D eigenvalue weighted by Gasteiger charge is -2.40. The highest BCUT2D eigenvalue weighted by atomic mass is 35.5. The van der Waals surface area contributed by atoms with E-state index in [1.165, 1.54) is 11.8 Å². The number of carbonyl (C=O) groups excluding carboxylic acids is 1. The Morgan fingerprint density at radius 1 is 1.12 bits per heavy atom. The number of Topliss-reactive ketones (excluding diaryl/α,β-unsaturated/α-hetero) is 1. The number of rotatable bonds is 15. The van der Waals surface area contributed by atoms with E-state index in [9.17, 15) is 4.79 Å². The molecule has 0 unspecified atom stereocenters. The predicted octanol–water partition coefficient (Wildman–Crippen LogP) is 4.73. The molecule has 4 aromatic rings. The molecule has 40 heavy (non-hydrogen) atoms. The van der Waals surface area contributed by atoms with Gasteiger partial charge >= 0.3 is 0 Å². The minimum atomic E-state index is 0.115. The third-order valence-electron chi connectivity index (χ3n) is 6.78. The van der Waals surface area contributed by atoms with Gasteiger partial charge in [-0.2, -0.15) is 0 Å². The van der Waals surface area contributed by atoms with Gasteiger partial charge in [-0.15, -0.1) is 0 Å². The number of nitrogens with zero attached hydrogens (tertiary/aromatic N) is 5. The minimum Gasteiger partial charge on any atom is -0.382 e. The van der Waals surface area contributed by atoms with Gasteiger partial charge in [0.2, 0.25) is 0 Å². The van der Waals surface area contributed by atoms with Gasteiger partial charge in [0.15, 0.2) is 11.4 Å². The average Bonchev–Trinajstić information content (AvgIpc) is 3.26. The van der Waals surface area contributed by atoms with Crippen LogP contribution in [0.1, 0.15) is 25.5 Å². The summed E-state index contributed by atoms with van der Waals surface area (Å²) in [5.41, 5.74) is 3.32. The third-order valence-corrected chi connectivity index (χ3v) is 8.07. The molecule has 0 aromatic carbocycles. The summed E-state index contributed by atoms with van der Waals surface area (Å²) >= 11 is 8.33. The van der Waals surface area contributed by atoms with Crippen LogP contribution in [0.2, 0.25) is 5.02 Å². The fourth-order valence-corrected chi connectivity index (χ4v) is 5.84. The number of hydrogen-bond donors (Lipinski definition) is 1. The second kappa shape index (κ2) is 13.7. The topological polar surface area (TPSA) is 115 Å². The number of anilines is 1. The average molecular weight is 585 g/mol. The molecular formula is C28H33ClN6O4S. The van der Waals surface area contributed by atoms with Crippen LogP contribution in [0.15, 0.2) is 40.6 Å². The van der Waals surface area contributed by atoms with Crippen LogP contribution in [-0.2, 0) is 25.4 Å². The quantitative estimate of drug-likeness (QED) is 0.197. The van der Waals surface area contributed by atoms with Crippen molar-refractivity contribution in [2.24, 2.45) is 5.92 Å². The van der Waals surface area contributed by atoms with Crippen molar-refractivity contribution >= 4 is 57.0 Å². The lowest BCUT2D eigenvalue weighted by Crippen LogP contribution is -2.47. The molecular weight excluding hydrogens is 552 g/mol. The van der Waals surface area contributed by atoms with E-state index < -0.39 is 0 Å². The molecule has 1 saturated heterocycles. The highest BCUT2D eigenvalue weighted by molar-refractivity contribution is 7.99. The van der Waals surface area contributed by atoms with Gasteiger partial charge in [0.25, 0.3) is 0 Å². The maximum absolute atomic E-state index is 12.3. The monoisotopic (exact) mass is 584 g/mol. The number of carbonyl (C=O) groups is 1. The van der Waals surface area contributed by atoms with Crippen LogP contribution in [0.25, 0.3) is 22.1 Å². The second-order valence-electron chi connectivity index (χ2n) is 9.66. The van der Waals surface area contributed by atoms with Crippen LogP contribution in [0.4, 0.5) is 5.82 Å². The van der Waals surface area contributed by atoms with E-state index in [2.05, 4.69) is 31.8 Å². The first-order valence-corrected chi connectivity index (χ1v) is 14.6. The van der Waals surface area contributed by atoms with Gasteiger partial charge in [-0.05, 0) is 30.9 Å². The van der Waals surface area contributed by atoms with Crippen LogP contribution in [0.3, 0.4) is 0 Å². The molecule has 5 heterocycles. The minimum absolute atomic E-state index is 0.115. The molecule has 12 heteroatoms. The number of H-pyrrole nitrogens is 1. The smallest absolute Gasteiger partial charge is 0.178 e. The maximum atomic E-state index is 12.3. The summed E-state index contributed by atoms with van der Waals surface area (Å²) in [6.45, 7) is 5.80. The second-order valence-corrected chi connectivity index (χ2v) is 11.1. The van der Waals surface area contributed by atoms with E-state index in [0.717, 1.165) is 68.8 Å². The van der Waals surface area contributed by atoms with Gasteiger partial charge < -0.3 is 24.1 Å². The molecule has 0 bridgehead atoms. The van der Waals surface area contributed by atoms with E-state index in [-0.39, 0.29) is 12.4 Å². The first kappa shape index (κ1) is 28.7. The van der Waals surface area contributed by atoms with Crippen molar-refractivity contribution in [1.82, 2.24) is 24.9 Å². The normalized spacial score (nSPS) is 13.8. The summed E-state index contributed by atoms with van der Waals surface area (Å²) in [5.74, 6) is 1.40. The molecule has 212 valence electrons. The van der Waals surface area contributed by atoms with Gasteiger partial charge in [0.1, 0.15) is 23.0 Å². The standard InChI is InChI=1S/C28H33ClN6O4S/c1-3-21-26(29)25-22(33-21)13-24(40-20-12-23-27(32-14-20)31-7-6-30-23)34-28(25)35-15-18(16-35)4-5-19(36)17-39-11-10-38-9-8-37-2/h6-7,12-14,18,33H,3-5,8-11,15-17H2,1-2H3. The number of pyridine rings is 2. The Labute approximate surface area is 242 Å². The molecule has 0 aliphatic carbocycles. The molecule has 1 N–H and O–H groups in total. The molecule has 0 saturated carbocycles. The molecule has 1 fully saturated rings. The SMILES string of the molecule is CCc1[nH]c2cc(Sc3cnc4nccnc4c3)nc(N3CC(CCC(=O)COCCOCCOC)C3)c2c1Cl.